The number of carboxylic acid groups (broad SMARTS) is 1. The minimum Gasteiger partial charge on any atom is -0.481 e. The van der Waals surface area contributed by atoms with Crippen LogP contribution in [-0.2, 0) is 25.4 Å². The number of piperazine rings is 1. The Bertz CT molecular complexity index is 1180. The average molecular weight is 545 g/mol. The molecule has 206 valence electrons. The highest BCUT2D eigenvalue weighted by molar-refractivity contribution is 7.83. The molecule has 6 N–H and O–H groups in total. The van der Waals surface area contributed by atoms with Gasteiger partial charge in [0.05, 0.1) is 10.9 Å². The highest BCUT2D eigenvalue weighted by Gasteiger charge is 2.30. The summed E-state index contributed by atoms with van der Waals surface area (Å²) in [6.07, 6.45) is 2.23. The molecule has 2 aromatic carbocycles. The molecule has 0 aliphatic carbocycles. The van der Waals surface area contributed by atoms with Crippen molar-refractivity contribution in [2.75, 3.05) is 32.7 Å². The number of unbranched alkanes of at least 4 members (excludes halogenated alkanes) is 1. The van der Waals surface area contributed by atoms with Gasteiger partial charge in [-0.3, -0.25) is 19.4 Å². The number of hydrogen-bond donors (Lipinski definition) is 4. The standard InChI is InChI=1S/C26H36N6O5S/c27-26(28)29-13-5-8-22(30-38(37)21-12-11-19-6-1-2-7-20(19)18-21)25(36)32-16-14-31(15-17-32)23(33)9-3-4-10-24(34)35/h1-2,6-7,11-12,18,22,30H,3-5,8-10,13-17H2,(H,34,35)(H4,27,28,29). The fourth-order valence-electron chi connectivity index (χ4n) is 4.32. The number of carbonyl (C=O) groups is 3. The number of hydrogen-bond acceptors (Lipinski definition) is 5. The van der Waals surface area contributed by atoms with Crippen LogP contribution in [0.2, 0.25) is 0 Å². The zero-order valence-electron chi connectivity index (χ0n) is 21.4. The van der Waals surface area contributed by atoms with E-state index in [2.05, 4.69) is 9.71 Å². The summed E-state index contributed by atoms with van der Waals surface area (Å²) in [5, 5.41) is 10.7. The minimum absolute atomic E-state index is 0.0238. The normalized spacial score (nSPS) is 15.2. The lowest BCUT2D eigenvalue weighted by Gasteiger charge is -2.36. The highest BCUT2D eigenvalue weighted by atomic mass is 32.2. The molecule has 1 saturated heterocycles. The molecule has 2 aromatic rings. The molecule has 0 bridgehead atoms. The van der Waals surface area contributed by atoms with Crippen LogP contribution in [0.1, 0.15) is 38.5 Å². The van der Waals surface area contributed by atoms with E-state index < -0.39 is 23.0 Å². The van der Waals surface area contributed by atoms with Crippen molar-refractivity contribution >= 4 is 45.5 Å². The van der Waals surface area contributed by atoms with Crippen molar-refractivity contribution < 1.29 is 23.7 Å². The molecule has 38 heavy (non-hydrogen) atoms. The van der Waals surface area contributed by atoms with E-state index in [1.165, 1.54) is 0 Å². The van der Waals surface area contributed by atoms with Crippen LogP contribution in [0.3, 0.4) is 0 Å². The van der Waals surface area contributed by atoms with E-state index in [0.29, 0.717) is 69.7 Å². The molecule has 2 atom stereocenters. The number of nitrogens with zero attached hydrogens (tertiary/aromatic N) is 3. The summed E-state index contributed by atoms with van der Waals surface area (Å²) in [5.41, 5.74) is 10.8. The Morgan fingerprint density at radius 1 is 0.947 bits per heavy atom. The maximum Gasteiger partial charge on any atom is 0.303 e. The van der Waals surface area contributed by atoms with Crippen molar-refractivity contribution in [1.29, 1.82) is 0 Å². The summed E-state index contributed by atoms with van der Waals surface area (Å²) in [7, 11) is -1.62. The van der Waals surface area contributed by atoms with E-state index in [9.17, 15) is 18.6 Å². The molecule has 2 unspecified atom stereocenters. The van der Waals surface area contributed by atoms with Gasteiger partial charge in [0.15, 0.2) is 5.96 Å². The molecule has 0 radical (unpaired) electrons. The Morgan fingerprint density at radius 2 is 1.61 bits per heavy atom. The first-order valence-electron chi connectivity index (χ1n) is 12.7. The number of guanidine groups is 1. The first-order chi connectivity index (χ1) is 18.2. The van der Waals surface area contributed by atoms with E-state index in [-0.39, 0.29) is 24.2 Å². The SMILES string of the molecule is NC(N)=NCCCC(NS(=O)c1ccc2ccccc2c1)C(=O)N1CCN(C(=O)CCCCC(=O)O)CC1. The Morgan fingerprint density at radius 3 is 2.29 bits per heavy atom. The number of nitrogens with one attached hydrogen (secondary N) is 1. The summed E-state index contributed by atoms with van der Waals surface area (Å²) in [6.45, 7) is 1.89. The summed E-state index contributed by atoms with van der Waals surface area (Å²) in [4.78, 5) is 44.5. The minimum atomic E-state index is -1.62. The number of aliphatic carboxylic acids is 1. The summed E-state index contributed by atoms with van der Waals surface area (Å²) >= 11 is 0. The second-order valence-electron chi connectivity index (χ2n) is 9.20. The second kappa shape index (κ2) is 14.4. The lowest BCUT2D eigenvalue weighted by atomic mass is 10.1. The molecule has 11 nitrogen and oxygen atoms in total. The second-order valence-corrected chi connectivity index (χ2v) is 10.4. The maximum absolute atomic E-state index is 13.4. The molecule has 0 saturated carbocycles. The van der Waals surface area contributed by atoms with Gasteiger partial charge in [0.25, 0.3) is 0 Å². The highest BCUT2D eigenvalue weighted by Crippen LogP contribution is 2.18. The number of carbonyl (C=O) groups excluding carboxylic acids is 2. The lowest BCUT2D eigenvalue weighted by Crippen LogP contribution is -2.55. The number of carboxylic acids is 1. The fraction of sp³-hybridized carbons (Fsp3) is 0.462. The third-order valence-corrected chi connectivity index (χ3v) is 7.58. The van der Waals surface area contributed by atoms with E-state index in [1.807, 2.05) is 36.4 Å². The first-order valence-corrected chi connectivity index (χ1v) is 13.9. The van der Waals surface area contributed by atoms with Crippen molar-refractivity contribution in [3.63, 3.8) is 0 Å². The van der Waals surface area contributed by atoms with Crippen molar-refractivity contribution in [3.05, 3.63) is 42.5 Å². The van der Waals surface area contributed by atoms with Crippen LogP contribution in [0.15, 0.2) is 52.4 Å². The molecule has 1 fully saturated rings. The topological polar surface area (TPSA) is 171 Å². The number of nitrogens with two attached hydrogens (primary N) is 2. The number of rotatable bonds is 13. The van der Waals surface area contributed by atoms with E-state index in [1.54, 1.807) is 15.9 Å². The summed E-state index contributed by atoms with van der Waals surface area (Å²) in [5.74, 6) is -1.11. The number of amides is 2. The molecule has 3 rings (SSSR count). The molecular formula is C26H36N6O5S. The smallest absolute Gasteiger partial charge is 0.303 e. The van der Waals surface area contributed by atoms with Gasteiger partial charge in [-0.25, -0.2) is 8.93 Å². The molecule has 0 spiro atoms. The van der Waals surface area contributed by atoms with Gasteiger partial charge in [-0.05, 0) is 48.6 Å². The molecule has 12 heteroatoms. The van der Waals surface area contributed by atoms with Crippen LogP contribution < -0.4 is 16.2 Å². The molecule has 1 heterocycles. The fourth-order valence-corrected chi connectivity index (χ4v) is 5.36. The van der Waals surface area contributed by atoms with Crippen LogP contribution in [0, 0.1) is 0 Å². The molecular weight excluding hydrogens is 508 g/mol. The Hall–Kier alpha value is -3.51. The van der Waals surface area contributed by atoms with Crippen LogP contribution in [0.5, 0.6) is 0 Å². The third-order valence-electron chi connectivity index (χ3n) is 6.40. The number of aliphatic imine (C=N–C) groups is 1. The molecule has 0 aromatic heterocycles. The first kappa shape index (κ1) is 29.1. The maximum atomic E-state index is 13.4. The van der Waals surface area contributed by atoms with Gasteiger partial charge >= 0.3 is 5.97 Å². The Labute approximate surface area is 224 Å². The lowest BCUT2D eigenvalue weighted by molar-refractivity contribution is -0.140. The van der Waals surface area contributed by atoms with Gasteiger partial charge in [0, 0.05) is 45.6 Å². The van der Waals surface area contributed by atoms with Gasteiger partial charge < -0.3 is 26.4 Å². The zero-order chi connectivity index (χ0) is 27.5. The molecule has 2 amide bonds. The zero-order valence-corrected chi connectivity index (χ0v) is 22.2. The summed E-state index contributed by atoms with van der Waals surface area (Å²) in [6, 6.07) is 12.6. The Balaban J connectivity index is 1.60. The van der Waals surface area contributed by atoms with Crippen LogP contribution in [0.25, 0.3) is 10.8 Å². The average Bonchev–Trinajstić information content (AvgIpc) is 2.91. The molecule has 1 aliphatic heterocycles. The van der Waals surface area contributed by atoms with E-state index in [4.69, 9.17) is 16.6 Å². The monoisotopic (exact) mass is 544 g/mol. The predicted molar refractivity (Wildman–Crippen MR) is 146 cm³/mol. The van der Waals surface area contributed by atoms with Gasteiger partial charge in [-0.1, -0.05) is 30.3 Å². The van der Waals surface area contributed by atoms with Crippen molar-refractivity contribution in [2.24, 2.45) is 16.5 Å². The van der Waals surface area contributed by atoms with Crippen molar-refractivity contribution in [1.82, 2.24) is 14.5 Å². The van der Waals surface area contributed by atoms with Crippen molar-refractivity contribution in [3.8, 4) is 0 Å². The van der Waals surface area contributed by atoms with Gasteiger partial charge in [-0.15, -0.1) is 0 Å². The van der Waals surface area contributed by atoms with Crippen LogP contribution >= 0.6 is 0 Å². The van der Waals surface area contributed by atoms with Crippen LogP contribution in [-0.4, -0.2) is 81.6 Å². The summed E-state index contributed by atoms with van der Waals surface area (Å²) < 4.78 is 16.2. The van der Waals surface area contributed by atoms with Gasteiger partial charge in [0.1, 0.15) is 11.0 Å². The quantitative estimate of drug-likeness (QED) is 0.167. The molecule has 1 aliphatic rings. The van der Waals surface area contributed by atoms with Crippen molar-refractivity contribution in [2.45, 2.75) is 49.5 Å². The van der Waals surface area contributed by atoms with Gasteiger partial charge in [0.2, 0.25) is 11.8 Å². The number of fused-ring (bicyclic) bond motifs is 1. The van der Waals surface area contributed by atoms with E-state index >= 15 is 0 Å². The van der Waals surface area contributed by atoms with Gasteiger partial charge in [-0.2, -0.15) is 0 Å². The largest absolute Gasteiger partial charge is 0.481 e. The van der Waals surface area contributed by atoms with E-state index in [0.717, 1.165) is 10.8 Å². The Kier molecular flexibility index (Phi) is 11.0. The van der Waals surface area contributed by atoms with Crippen LogP contribution in [0.4, 0.5) is 0 Å². The number of benzene rings is 2. The predicted octanol–water partition coefficient (Wildman–Crippen LogP) is 1.19. The third kappa shape index (κ3) is 8.80.